The maximum Gasteiger partial charge on any atom is 0.173 e. The number of hydrogen-bond acceptors (Lipinski definition) is 2. The van der Waals surface area contributed by atoms with Crippen molar-refractivity contribution in [3.05, 3.63) is 81.8 Å². The molecule has 0 bridgehead atoms. The Hall–Kier alpha value is -2.69. The van der Waals surface area contributed by atoms with Gasteiger partial charge in [-0.15, -0.1) is 5.11 Å². The predicted molar refractivity (Wildman–Crippen MR) is 107 cm³/mol. The molecule has 4 nitrogen and oxygen atoms in total. The molecule has 128 valence electrons. The fraction of sp³-hybridized carbons (Fsp3) is 0.0500. The second-order valence-electron chi connectivity index (χ2n) is 6.03. The largest absolute Gasteiger partial charge is 0.336 e. The molecule has 1 heterocycles. The molecule has 4 aromatic rings. The number of para-hydroxylation sites is 1. The van der Waals surface area contributed by atoms with Gasteiger partial charge in [-0.05, 0) is 42.0 Å². The fourth-order valence-corrected chi connectivity index (χ4v) is 3.72. The summed E-state index contributed by atoms with van der Waals surface area (Å²) in [5.74, 6) is -0.0514. The van der Waals surface area contributed by atoms with Gasteiger partial charge in [-0.2, -0.15) is 0 Å². The van der Waals surface area contributed by atoms with E-state index in [1.165, 1.54) is 0 Å². The Kier molecular flexibility index (Phi) is 4.23. The zero-order chi connectivity index (χ0) is 18.3. The molecule has 0 saturated heterocycles. The molecule has 0 amide bonds. The van der Waals surface area contributed by atoms with E-state index in [0.29, 0.717) is 22.2 Å². The van der Waals surface area contributed by atoms with E-state index in [4.69, 9.17) is 34.1 Å². The van der Waals surface area contributed by atoms with Gasteiger partial charge < -0.3 is 4.57 Å². The monoisotopic (exact) mass is 380 g/mol. The molecule has 0 aliphatic carbocycles. The van der Waals surface area contributed by atoms with Crippen molar-refractivity contribution in [2.45, 2.75) is 6.54 Å². The predicted octanol–water partition coefficient (Wildman–Crippen LogP) is 6.51. The molecule has 0 saturated carbocycles. The number of rotatable bonds is 3. The topological polar surface area (TPSA) is 65.0 Å². The molecule has 2 N–H and O–H groups in total. The third kappa shape index (κ3) is 2.77. The van der Waals surface area contributed by atoms with Gasteiger partial charge in [0.15, 0.2) is 5.84 Å². The molecule has 26 heavy (non-hydrogen) atoms. The number of hydrogen-bond donors (Lipinski definition) is 2. The third-order valence-electron chi connectivity index (χ3n) is 4.50. The van der Waals surface area contributed by atoms with Crippen LogP contribution in [0.2, 0.25) is 10.0 Å². The van der Waals surface area contributed by atoms with Crippen LogP contribution in [0.15, 0.2) is 65.8 Å². The number of nitrogens with one attached hydrogen (secondary N) is 2. The summed E-state index contributed by atoms with van der Waals surface area (Å²) in [6.07, 6.45) is 0. The van der Waals surface area contributed by atoms with Crippen LogP contribution in [0.4, 0.5) is 0 Å². The zero-order valence-electron chi connectivity index (χ0n) is 13.6. The quantitative estimate of drug-likeness (QED) is 0.231. The number of aromatic nitrogens is 1. The van der Waals surface area contributed by atoms with Crippen LogP contribution in [0, 0.1) is 10.9 Å². The lowest BCUT2D eigenvalue weighted by molar-refractivity contribution is 0.869. The minimum atomic E-state index is -0.0514. The minimum Gasteiger partial charge on any atom is -0.336 e. The van der Waals surface area contributed by atoms with Crippen LogP contribution in [0.1, 0.15) is 11.1 Å². The van der Waals surface area contributed by atoms with Crippen LogP contribution < -0.4 is 0 Å². The Labute approximate surface area is 160 Å². The molecule has 0 aliphatic heterocycles. The smallest absolute Gasteiger partial charge is 0.173 e. The average Bonchev–Trinajstić information content (AvgIpc) is 2.96. The summed E-state index contributed by atoms with van der Waals surface area (Å²) in [4.78, 5) is 0. The Balaban J connectivity index is 1.95. The van der Waals surface area contributed by atoms with Gasteiger partial charge in [0.05, 0.1) is 0 Å². The van der Waals surface area contributed by atoms with Gasteiger partial charge in [-0.25, -0.2) is 5.53 Å². The second-order valence-corrected chi connectivity index (χ2v) is 6.87. The van der Waals surface area contributed by atoms with Gasteiger partial charge in [0.1, 0.15) is 0 Å². The van der Waals surface area contributed by atoms with Crippen molar-refractivity contribution in [1.82, 2.24) is 4.57 Å². The van der Waals surface area contributed by atoms with E-state index in [9.17, 15) is 0 Å². The van der Waals surface area contributed by atoms with Gasteiger partial charge in [-0.3, -0.25) is 5.41 Å². The summed E-state index contributed by atoms with van der Waals surface area (Å²) in [6, 6.07) is 19.4. The Morgan fingerprint density at radius 1 is 0.923 bits per heavy atom. The first-order chi connectivity index (χ1) is 12.6. The first kappa shape index (κ1) is 16.8. The lowest BCUT2D eigenvalue weighted by atomic mass is 10.1. The molecule has 0 unspecified atom stereocenters. The van der Waals surface area contributed by atoms with Crippen LogP contribution >= 0.6 is 23.2 Å². The standard InChI is InChI=1S/C20H14Cl2N4/c21-14-7-5-13(17(22)10-14)11-26-18-4-2-1-3-15(18)16-9-12(20(23)25-24)6-8-19(16)26/h1-10,23-24H,11H2. The summed E-state index contributed by atoms with van der Waals surface area (Å²) < 4.78 is 2.20. The number of fused-ring (bicyclic) bond motifs is 3. The summed E-state index contributed by atoms with van der Waals surface area (Å²) in [7, 11) is 0. The average molecular weight is 381 g/mol. The van der Waals surface area contributed by atoms with E-state index in [-0.39, 0.29) is 5.84 Å². The molecule has 0 fully saturated rings. The molecule has 1 aromatic heterocycles. The Morgan fingerprint density at radius 3 is 2.46 bits per heavy atom. The van der Waals surface area contributed by atoms with Crippen molar-refractivity contribution in [2.24, 2.45) is 5.11 Å². The normalized spacial score (nSPS) is 11.2. The minimum absolute atomic E-state index is 0.0514. The summed E-state index contributed by atoms with van der Waals surface area (Å²) in [6.45, 7) is 0.611. The molecule has 3 aromatic carbocycles. The number of halogens is 2. The molecule has 0 aliphatic rings. The number of benzene rings is 3. The van der Waals surface area contributed by atoms with Crippen molar-refractivity contribution in [3.63, 3.8) is 0 Å². The summed E-state index contributed by atoms with van der Waals surface area (Å²) >= 11 is 12.4. The highest BCUT2D eigenvalue weighted by Gasteiger charge is 2.13. The van der Waals surface area contributed by atoms with E-state index in [1.54, 1.807) is 6.07 Å². The Bertz CT molecular complexity index is 1180. The summed E-state index contributed by atoms with van der Waals surface area (Å²) in [5.41, 5.74) is 10.8. The highest BCUT2D eigenvalue weighted by Crippen LogP contribution is 2.32. The first-order valence-corrected chi connectivity index (χ1v) is 8.75. The molecule has 6 heteroatoms. The van der Waals surface area contributed by atoms with Crippen molar-refractivity contribution in [2.75, 3.05) is 0 Å². The van der Waals surface area contributed by atoms with Crippen LogP contribution in [-0.2, 0) is 6.54 Å². The van der Waals surface area contributed by atoms with Crippen molar-refractivity contribution < 1.29 is 0 Å². The van der Waals surface area contributed by atoms with E-state index in [2.05, 4.69) is 21.8 Å². The molecule has 0 spiro atoms. The van der Waals surface area contributed by atoms with Gasteiger partial charge in [0.2, 0.25) is 0 Å². The first-order valence-electron chi connectivity index (χ1n) is 8.00. The lowest BCUT2D eigenvalue weighted by Crippen LogP contribution is -2.00. The van der Waals surface area contributed by atoms with E-state index in [1.807, 2.05) is 42.5 Å². The highest BCUT2D eigenvalue weighted by molar-refractivity contribution is 6.35. The number of amidine groups is 1. The molecular weight excluding hydrogens is 367 g/mol. The third-order valence-corrected chi connectivity index (χ3v) is 5.09. The summed E-state index contributed by atoms with van der Waals surface area (Å²) in [5, 5.41) is 14.4. The van der Waals surface area contributed by atoms with Crippen LogP contribution in [0.25, 0.3) is 21.8 Å². The van der Waals surface area contributed by atoms with Gasteiger partial charge in [0, 0.05) is 44.0 Å². The van der Waals surface area contributed by atoms with Crippen LogP contribution in [-0.4, -0.2) is 10.4 Å². The molecule has 0 atom stereocenters. The second kappa shape index (κ2) is 6.56. The van der Waals surface area contributed by atoms with Gasteiger partial charge >= 0.3 is 0 Å². The SMILES string of the molecule is N=NC(=N)c1ccc2c(c1)c1ccccc1n2Cc1ccc(Cl)cc1Cl. The highest BCUT2D eigenvalue weighted by atomic mass is 35.5. The van der Waals surface area contributed by atoms with Gasteiger partial charge in [0.25, 0.3) is 0 Å². The molecule has 4 rings (SSSR count). The van der Waals surface area contributed by atoms with Crippen molar-refractivity contribution >= 4 is 50.8 Å². The molecular formula is C20H14Cl2N4. The van der Waals surface area contributed by atoms with E-state index >= 15 is 0 Å². The van der Waals surface area contributed by atoms with Crippen molar-refractivity contribution in [1.29, 1.82) is 10.9 Å². The van der Waals surface area contributed by atoms with E-state index < -0.39 is 0 Å². The fourth-order valence-electron chi connectivity index (χ4n) is 3.26. The maximum atomic E-state index is 7.81. The van der Waals surface area contributed by atoms with Crippen LogP contribution in [0.5, 0.6) is 0 Å². The lowest BCUT2D eigenvalue weighted by Gasteiger charge is -2.10. The van der Waals surface area contributed by atoms with Crippen LogP contribution in [0.3, 0.4) is 0 Å². The van der Waals surface area contributed by atoms with Gasteiger partial charge in [-0.1, -0.05) is 47.5 Å². The molecule has 0 radical (unpaired) electrons. The van der Waals surface area contributed by atoms with E-state index in [0.717, 1.165) is 27.4 Å². The Morgan fingerprint density at radius 2 is 1.69 bits per heavy atom. The van der Waals surface area contributed by atoms with Crippen molar-refractivity contribution in [3.8, 4) is 0 Å². The zero-order valence-corrected chi connectivity index (χ0v) is 15.1. The maximum absolute atomic E-state index is 7.81. The number of nitrogens with zero attached hydrogens (tertiary/aromatic N) is 2.